The van der Waals surface area contributed by atoms with Crippen LogP contribution in [0.25, 0.3) is 0 Å². The summed E-state index contributed by atoms with van der Waals surface area (Å²) >= 11 is 6.26. The van der Waals surface area contributed by atoms with E-state index in [9.17, 15) is 36.3 Å². The molecule has 2 bridgehead atoms. The van der Waals surface area contributed by atoms with E-state index < -0.39 is 57.2 Å². The first-order chi connectivity index (χ1) is 18.8. The fourth-order valence-electron chi connectivity index (χ4n) is 5.69. The Balaban J connectivity index is 1.50. The van der Waals surface area contributed by atoms with Crippen LogP contribution >= 0.6 is 11.6 Å². The highest BCUT2D eigenvalue weighted by Crippen LogP contribution is 2.49. The molecule has 0 aliphatic heterocycles. The van der Waals surface area contributed by atoms with E-state index in [0.717, 1.165) is 6.07 Å². The Hall–Kier alpha value is -2.87. The van der Waals surface area contributed by atoms with E-state index in [1.54, 1.807) is 0 Å². The third-order valence-electron chi connectivity index (χ3n) is 7.66. The topological polar surface area (TPSA) is 145 Å². The summed E-state index contributed by atoms with van der Waals surface area (Å²) in [5.41, 5.74) is -0.492. The maximum Gasteiger partial charge on any atom is 0.315 e. The van der Waals surface area contributed by atoms with Crippen LogP contribution in [-0.4, -0.2) is 61.1 Å². The number of hydrogen-bond donors (Lipinski definition) is 5. The molecule has 40 heavy (non-hydrogen) atoms. The van der Waals surface area contributed by atoms with E-state index in [1.165, 1.54) is 12.1 Å². The van der Waals surface area contributed by atoms with E-state index >= 15 is 0 Å². The highest BCUT2D eigenvalue weighted by Gasteiger charge is 2.50. The average molecular weight is 604 g/mol. The minimum absolute atomic E-state index is 0.0992. The predicted molar refractivity (Wildman–Crippen MR) is 140 cm³/mol. The Kier molecular flexibility index (Phi) is 8.98. The minimum atomic E-state index is -4.04. The fraction of sp³-hybridized carbons (Fsp3) is 0.462. The van der Waals surface area contributed by atoms with Gasteiger partial charge < -0.3 is 26.2 Å². The zero-order valence-corrected chi connectivity index (χ0v) is 22.9. The molecule has 2 saturated carbocycles. The quantitative estimate of drug-likeness (QED) is 0.293. The monoisotopic (exact) mass is 603 g/mol. The summed E-state index contributed by atoms with van der Waals surface area (Å²) in [6.45, 7) is 1.35. The van der Waals surface area contributed by atoms with Crippen molar-refractivity contribution in [3.63, 3.8) is 0 Å². The number of halogens is 4. The van der Waals surface area contributed by atoms with Gasteiger partial charge in [-0.3, -0.25) is 4.79 Å². The standard InChI is InChI=1S/C26H29ClF3N3O6S/c1-12-4-14-5-17(9-18(12)24(14)33-26(37)31-10-16(35)11-34)40(38,39)22-6-13(2-3-19(22)27)25(36)32-15-7-20(28)23(30)21(29)8-15/h2-3,6-8,12,14,16-18,24,34-35H,4-5,9-11H2,1H3,(H,32,36)(H2,31,33,37)/t12-,14?,16?,17+,18?,24+/m0/s1. The molecular formula is C26H29ClF3N3O6S. The molecule has 2 aromatic carbocycles. The molecule has 2 aliphatic rings. The van der Waals surface area contributed by atoms with Crippen LogP contribution in [0.2, 0.25) is 5.02 Å². The number of benzene rings is 2. The van der Waals surface area contributed by atoms with Crippen molar-refractivity contribution >= 4 is 39.1 Å². The van der Waals surface area contributed by atoms with E-state index in [-0.39, 0.29) is 64.4 Å². The van der Waals surface area contributed by atoms with E-state index in [4.69, 9.17) is 16.7 Å². The molecule has 0 heterocycles. The van der Waals surface area contributed by atoms with E-state index in [1.807, 2.05) is 6.92 Å². The van der Waals surface area contributed by atoms with Gasteiger partial charge in [0.25, 0.3) is 5.91 Å². The Morgan fingerprint density at radius 3 is 2.40 bits per heavy atom. The Bertz CT molecular complexity index is 1390. The molecular weight excluding hydrogens is 575 g/mol. The second-order valence-corrected chi connectivity index (χ2v) is 12.9. The van der Waals surface area contributed by atoms with Gasteiger partial charge in [-0.1, -0.05) is 18.5 Å². The number of aliphatic hydroxyl groups is 2. The number of rotatable bonds is 8. The molecule has 3 unspecified atom stereocenters. The van der Waals surface area contributed by atoms with Crippen LogP contribution in [0.15, 0.2) is 35.2 Å². The summed E-state index contributed by atoms with van der Waals surface area (Å²) in [7, 11) is -4.04. The van der Waals surface area contributed by atoms with Gasteiger partial charge in [0.1, 0.15) is 0 Å². The Morgan fingerprint density at radius 1 is 1.10 bits per heavy atom. The van der Waals surface area contributed by atoms with Gasteiger partial charge in [0, 0.05) is 36.0 Å². The van der Waals surface area contributed by atoms with Crippen molar-refractivity contribution in [1.82, 2.24) is 10.6 Å². The van der Waals surface area contributed by atoms with Crippen molar-refractivity contribution in [2.24, 2.45) is 17.8 Å². The van der Waals surface area contributed by atoms with Crippen LogP contribution in [-0.2, 0) is 9.84 Å². The normalized spacial score (nSPS) is 24.8. The minimum Gasteiger partial charge on any atom is -0.394 e. The van der Waals surface area contributed by atoms with Crippen LogP contribution in [0.1, 0.15) is 36.5 Å². The lowest BCUT2D eigenvalue weighted by Gasteiger charge is -2.36. The van der Waals surface area contributed by atoms with Gasteiger partial charge in [0.15, 0.2) is 27.3 Å². The van der Waals surface area contributed by atoms with Gasteiger partial charge in [0.05, 0.1) is 27.9 Å². The van der Waals surface area contributed by atoms with Crippen LogP contribution in [0.4, 0.5) is 23.7 Å². The van der Waals surface area contributed by atoms with Crippen molar-refractivity contribution in [2.45, 2.75) is 48.5 Å². The highest BCUT2D eigenvalue weighted by atomic mass is 35.5. The first-order valence-corrected chi connectivity index (χ1v) is 14.6. The molecule has 9 nitrogen and oxygen atoms in total. The van der Waals surface area contributed by atoms with Gasteiger partial charge >= 0.3 is 6.03 Å². The molecule has 14 heteroatoms. The first-order valence-electron chi connectivity index (χ1n) is 12.6. The summed E-state index contributed by atoms with van der Waals surface area (Å²) in [6, 6.07) is 3.99. The number of fused-ring (bicyclic) bond motifs is 2. The second kappa shape index (κ2) is 11.9. The van der Waals surface area contributed by atoms with Crippen LogP contribution < -0.4 is 16.0 Å². The van der Waals surface area contributed by atoms with E-state index in [2.05, 4.69) is 16.0 Å². The van der Waals surface area contributed by atoms with Gasteiger partial charge in [-0.2, -0.15) is 0 Å². The number of sulfone groups is 1. The number of carbonyl (C=O) groups is 2. The molecule has 2 aliphatic carbocycles. The summed E-state index contributed by atoms with van der Waals surface area (Å²) in [5, 5.41) is 25.0. The summed E-state index contributed by atoms with van der Waals surface area (Å²) in [4.78, 5) is 24.8. The lowest BCUT2D eigenvalue weighted by Crippen LogP contribution is -2.52. The summed E-state index contributed by atoms with van der Waals surface area (Å²) in [6.07, 6.45) is 0.0872. The van der Waals surface area contributed by atoms with Crippen LogP contribution in [0.5, 0.6) is 0 Å². The Morgan fingerprint density at radius 2 is 1.77 bits per heavy atom. The third kappa shape index (κ3) is 6.22. The van der Waals surface area contributed by atoms with Crippen LogP contribution in [0.3, 0.4) is 0 Å². The number of carbonyl (C=O) groups excluding carboxylic acids is 2. The molecule has 0 aromatic heterocycles. The molecule has 5 N–H and O–H groups in total. The van der Waals surface area contributed by atoms with E-state index in [0.29, 0.717) is 18.6 Å². The number of urea groups is 1. The summed E-state index contributed by atoms with van der Waals surface area (Å²) < 4.78 is 67.8. The Labute approximate surface area is 234 Å². The van der Waals surface area contributed by atoms with Crippen molar-refractivity contribution in [3.05, 3.63) is 58.4 Å². The zero-order chi connectivity index (χ0) is 29.4. The molecule has 0 saturated heterocycles. The second-order valence-electron chi connectivity index (χ2n) is 10.3. The summed E-state index contributed by atoms with van der Waals surface area (Å²) in [5.74, 6) is -5.73. The molecule has 2 fully saturated rings. The number of hydrogen-bond acceptors (Lipinski definition) is 6. The SMILES string of the molecule is C[C@H]1CC2C[C@@H](S(=O)(=O)c3cc(C(=O)Nc4cc(F)c(F)c(F)c4)ccc3Cl)CC1[C@@H]2NC(=O)NCC(O)CO. The lowest BCUT2D eigenvalue weighted by molar-refractivity contribution is 0.0954. The number of nitrogens with one attached hydrogen (secondary N) is 3. The molecule has 218 valence electrons. The molecule has 0 spiro atoms. The number of anilines is 1. The van der Waals surface area contributed by atoms with Crippen molar-refractivity contribution in [2.75, 3.05) is 18.5 Å². The highest BCUT2D eigenvalue weighted by molar-refractivity contribution is 7.92. The van der Waals surface area contributed by atoms with Gasteiger partial charge in [-0.25, -0.2) is 26.4 Å². The average Bonchev–Trinajstić information content (AvgIpc) is 3.06. The molecule has 3 amide bonds. The van der Waals surface area contributed by atoms with Crippen molar-refractivity contribution in [3.8, 4) is 0 Å². The first kappa shape index (κ1) is 30.1. The zero-order valence-electron chi connectivity index (χ0n) is 21.3. The molecule has 4 rings (SSSR count). The van der Waals surface area contributed by atoms with Gasteiger partial charge in [-0.15, -0.1) is 0 Å². The molecule has 6 atom stereocenters. The van der Waals surface area contributed by atoms with Crippen LogP contribution in [0, 0.1) is 35.2 Å². The maximum atomic E-state index is 13.7. The maximum absolute atomic E-state index is 13.7. The number of aliphatic hydroxyl groups excluding tert-OH is 2. The molecule has 0 radical (unpaired) electrons. The molecule has 2 aromatic rings. The number of amides is 3. The smallest absolute Gasteiger partial charge is 0.315 e. The fourth-order valence-corrected chi connectivity index (χ4v) is 8.10. The largest absolute Gasteiger partial charge is 0.394 e. The van der Waals surface area contributed by atoms with Gasteiger partial charge in [-0.05, 0) is 55.2 Å². The van der Waals surface area contributed by atoms with Gasteiger partial charge in [0.2, 0.25) is 0 Å². The van der Waals surface area contributed by atoms with Crippen molar-refractivity contribution < 1.29 is 41.4 Å². The third-order valence-corrected chi connectivity index (χ3v) is 10.3. The predicted octanol–water partition coefficient (Wildman–Crippen LogP) is 3.24. The van der Waals surface area contributed by atoms with Crippen molar-refractivity contribution in [1.29, 1.82) is 0 Å². The lowest BCUT2D eigenvalue weighted by atomic mass is 9.82.